The molecule has 6 nitrogen and oxygen atoms in total. The summed E-state index contributed by atoms with van der Waals surface area (Å²) in [6.45, 7) is 0.427. The van der Waals surface area contributed by atoms with Crippen LogP contribution in [0, 0.1) is 23.2 Å². The molecule has 0 radical (unpaired) electrons. The van der Waals surface area contributed by atoms with E-state index in [0.717, 1.165) is 19.3 Å². The Morgan fingerprint density at radius 2 is 1.84 bits per heavy atom. The third-order valence-corrected chi connectivity index (χ3v) is 7.75. The number of nitrogens with zero attached hydrogens (tertiary/aromatic N) is 2. The van der Waals surface area contributed by atoms with Crippen molar-refractivity contribution in [1.29, 1.82) is 0 Å². The minimum atomic E-state index is -3.95. The molecular weight excluding hydrogens is 360 g/mol. The first-order valence-electron chi connectivity index (χ1n) is 9.01. The van der Waals surface area contributed by atoms with Gasteiger partial charge in [0, 0.05) is 18.1 Å². The van der Waals surface area contributed by atoms with Crippen molar-refractivity contribution < 1.29 is 17.8 Å². The first-order valence-corrected chi connectivity index (χ1v) is 11.5. The van der Waals surface area contributed by atoms with Crippen LogP contribution in [0.3, 0.4) is 0 Å². The first-order chi connectivity index (χ1) is 11.8. The topological polar surface area (TPSA) is 88.7 Å². The second kappa shape index (κ2) is 6.32. The summed E-state index contributed by atoms with van der Waals surface area (Å²) in [5.74, 6) is 1.86. The third-order valence-electron chi connectivity index (χ3n) is 6.15. The van der Waals surface area contributed by atoms with Crippen molar-refractivity contribution >= 4 is 27.4 Å². The van der Waals surface area contributed by atoms with E-state index in [1.54, 1.807) is 0 Å². The van der Waals surface area contributed by atoms with E-state index in [1.165, 1.54) is 30.6 Å². The maximum Gasteiger partial charge on any atom is 0.264 e. The van der Waals surface area contributed by atoms with Crippen LogP contribution in [-0.2, 0) is 21.5 Å². The Labute approximate surface area is 151 Å². The monoisotopic (exact) mass is 384 g/mol. The standard InChI is InChI=1S/C17H24N2O4S2/c20-15(17-9-12-6-13(10-17)8-14(7-12)11-17)18-16-19(3-4-24-16)2-1-5-25(21,22)23/h3-4,12-14H,1-2,5-11H2,(H,21,22,23). The van der Waals surface area contributed by atoms with E-state index >= 15 is 0 Å². The fraction of sp³-hybridized carbons (Fsp3) is 0.765. The zero-order valence-electron chi connectivity index (χ0n) is 14.1. The smallest absolute Gasteiger partial charge is 0.264 e. The summed E-state index contributed by atoms with van der Waals surface area (Å²) in [5.41, 5.74) is -0.245. The molecule has 1 N–H and O–H groups in total. The van der Waals surface area contributed by atoms with Crippen molar-refractivity contribution in [1.82, 2.24) is 4.57 Å². The van der Waals surface area contributed by atoms with Gasteiger partial charge in [-0.1, -0.05) is 0 Å². The molecule has 0 spiro atoms. The lowest BCUT2D eigenvalue weighted by molar-refractivity contribution is -0.142. The SMILES string of the molecule is O=C(N=c1sccn1CCCS(=O)(=O)O)C12CC3CC(CC(C3)C1)C2. The number of aromatic nitrogens is 1. The lowest BCUT2D eigenvalue weighted by Crippen LogP contribution is -2.49. The molecule has 25 heavy (non-hydrogen) atoms. The lowest BCUT2D eigenvalue weighted by Gasteiger charge is -2.55. The van der Waals surface area contributed by atoms with Crippen LogP contribution in [0.2, 0.25) is 0 Å². The van der Waals surface area contributed by atoms with Crippen molar-refractivity contribution in [2.75, 3.05) is 5.75 Å². The molecule has 8 heteroatoms. The van der Waals surface area contributed by atoms with Gasteiger partial charge >= 0.3 is 0 Å². The second-order valence-electron chi connectivity index (χ2n) is 8.13. The second-order valence-corrected chi connectivity index (χ2v) is 10.6. The quantitative estimate of drug-likeness (QED) is 0.790. The van der Waals surface area contributed by atoms with E-state index in [9.17, 15) is 13.2 Å². The van der Waals surface area contributed by atoms with Crippen molar-refractivity contribution in [3.63, 3.8) is 0 Å². The molecule has 4 fully saturated rings. The molecule has 0 aliphatic heterocycles. The summed E-state index contributed by atoms with van der Waals surface area (Å²) in [5, 5.41) is 1.86. The average molecular weight is 385 g/mol. The molecule has 0 unspecified atom stereocenters. The summed E-state index contributed by atoms with van der Waals surface area (Å²) >= 11 is 1.40. The predicted octanol–water partition coefficient (Wildman–Crippen LogP) is 2.47. The van der Waals surface area contributed by atoms with Gasteiger partial charge in [-0.25, -0.2) is 0 Å². The zero-order chi connectivity index (χ0) is 17.7. The minimum absolute atomic E-state index is 0.0255. The van der Waals surface area contributed by atoms with Gasteiger partial charge in [-0.15, -0.1) is 11.3 Å². The van der Waals surface area contributed by atoms with E-state index in [2.05, 4.69) is 4.99 Å². The fourth-order valence-electron chi connectivity index (χ4n) is 5.55. The number of thiazole rings is 1. The zero-order valence-corrected chi connectivity index (χ0v) is 15.8. The van der Waals surface area contributed by atoms with Crippen molar-refractivity contribution in [2.24, 2.45) is 28.2 Å². The molecule has 4 bridgehead atoms. The summed E-state index contributed by atoms with van der Waals surface area (Å²) in [6.07, 6.45) is 8.98. The number of hydrogen-bond donors (Lipinski definition) is 1. The maximum absolute atomic E-state index is 13.0. The van der Waals surface area contributed by atoms with Crippen LogP contribution in [0.4, 0.5) is 0 Å². The van der Waals surface area contributed by atoms with Gasteiger partial charge in [0.15, 0.2) is 4.80 Å². The molecule has 1 heterocycles. The van der Waals surface area contributed by atoms with Crippen molar-refractivity contribution in [3.05, 3.63) is 16.4 Å². The van der Waals surface area contributed by atoms with Gasteiger partial charge in [0.05, 0.1) is 11.2 Å². The molecule has 0 saturated heterocycles. The van der Waals surface area contributed by atoms with Gasteiger partial charge in [-0.3, -0.25) is 9.35 Å². The van der Waals surface area contributed by atoms with E-state index in [0.29, 0.717) is 35.5 Å². The highest BCUT2D eigenvalue weighted by Gasteiger charge is 2.54. The predicted molar refractivity (Wildman–Crippen MR) is 94.5 cm³/mol. The van der Waals surface area contributed by atoms with Crippen LogP contribution in [-0.4, -0.2) is 29.2 Å². The Balaban J connectivity index is 1.52. The Kier molecular flexibility index (Phi) is 4.40. The molecule has 4 aliphatic carbocycles. The Morgan fingerprint density at radius 3 is 2.40 bits per heavy atom. The number of carbonyl (C=O) groups excluding carboxylic acids is 1. The summed E-state index contributed by atoms with van der Waals surface area (Å²) in [7, 11) is -3.95. The van der Waals surface area contributed by atoms with E-state index in [4.69, 9.17) is 4.55 Å². The number of carbonyl (C=O) groups is 1. The van der Waals surface area contributed by atoms with Gasteiger partial charge in [-0.05, 0) is 62.7 Å². The number of rotatable bonds is 5. The summed E-state index contributed by atoms with van der Waals surface area (Å²) in [4.78, 5) is 18.1. The van der Waals surface area contributed by atoms with E-state index in [1.807, 2.05) is 16.1 Å². The molecular formula is C17H24N2O4S2. The van der Waals surface area contributed by atoms with Crippen LogP contribution >= 0.6 is 11.3 Å². The van der Waals surface area contributed by atoms with Gasteiger partial charge in [-0.2, -0.15) is 13.4 Å². The van der Waals surface area contributed by atoms with E-state index in [-0.39, 0.29) is 17.1 Å². The summed E-state index contributed by atoms with van der Waals surface area (Å²) < 4.78 is 32.4. The van der Waals surface area contributed by atoms with Crippen LogP contribution in [0.25, 0.3) is 0 Å². The molecule has 0 aromatic carbocycles. The van der Waals surface area contributed by atoms with Gasteiger partial charge in [0.25, 0.3) is 16.0 Å². The highest BCUT2D eigenvalue weighted by molar-refractivity contribution is 7.85. The number of aryl methyl sites for hydroxylation is 1. The lowest BCUT2D eigenvalue weighted by atomic mass is 9.49. The maximum atomic E-state index is 13.0. The average Bonchev–Trinajstić information content (AvgIpc) is 2.92. The van der Waals surface area contributed by atoms with Gasteiger partial charge in [0.2, 0.25) is 0 Å². The molecule has 1 aromatic rings. The Bertz CT molecular complexity index is 802. The first kappa shape index (κ1) is 17.4. The van der Waals surface area contributed by atoms with Crippen LogP contribution < -0.4 is 4.80 Å². The number of amides is 1. The largest absolute Gasteiger partial charge is 0.324 e. The molecule has 4 saturated carbocycles. The molecule has 138 valence electrons. The molecule has 5 rings (SSSR count). The highest BCUT2D eigenvalue weighted by Crippen LogP contribution is 2.60. The fourth-order valence-corrected chi connectivity index (χ4v) is 6.80. The van der Waals surface area contributed by atoms with Crippen LogP contribution in [0.1, 0.15) is 44.9 Å². The van der Waals surface area contributed by atoms with Gasteiger partial charge in [0.1, 0.15) is 0 Å². The van der Waals surface area contributed by atoms with E-state index < -0.39 is 10.1 Å². The number of hydrogen-bond acceptors (Lipinski definition) is 4. The molecule has 4 aliphatic rings. The van der Waals surface area contributed by atoms with Gasteiger partial charge < -0.3 is 4.57 Å². The molecule has 1 amide bonds. The summed E-state index contributed by atoms with van der Waals surface area (Å²) in [6, 6.07) is 0. The van der Waals surface area contributed by atoms with Crippen molar-refractivity contribution in [2.45, 2.75) is 51.5 Å². The highest BCUT2D eigenvalue weighted by atomic mass is 32.2. The third kappa shape index (κ3) is 3.61. The Morgan fingerprint density at radius 1 is 1.24 bits per heavy atom. The van der Waals surface area contributed by atoms with Crippen molar-refractivity contribution in [3.8, 4) is 0 Å². The molecule has 0 atom stereocenters. The van der Waals surface area contributed by atoms with Crippen LogP contribution in [0.15, 0.2) is 16.6 Å². The van der Waals surface area contributed by atoms with Crippen LogP contribution in [0.5, 0.6) is 0 Å². The minimum Gasteiger partial charge on any atom is -0.324 e. The molecule has 1 aromatic heterocycles. The Hall–Kier alpha value is -0.990. The normalized spacial score (nSPS) is 34.6.